The molecule has 4 aromatic rings. The number of amides is 7. The van der Waals surface area contributed by atoms with Crippen LogP contribution < -0.4 is 32.7 Å². The number of carbonyl (C=O) groups is 6. The van der Waals surface area contributed by atoms with Gasteiger partial charge in [0.15, 0.2) is 0 Å². The summed E-state index contributed by atoms with van der Waals surface area (Å²) in [6.07, 6.45) is -0.934. The highest BCUT2D eigenvalue weighted by Gasteiger charge is 2.48. The standard InChI is InChI=1S/C53H69F3N10O8/c1-30(2)43(63-49(71)53(58)19-20-53)47(69)62-41(12-9-21-59-50(57)72)46(68)60-37-16-14-33(15-17-37)29-74-51(73)65-25-35(40(56)27-65)26-66(48(70)32(4)67)44(52(5,6)7)45-61-42(38-22-31(3)13-18-39(38)55)28-64(45)24-34-10-8-11-36(54)23-34/h8,10-11,13-18,22-23,28,30,32,35,40-41,43-44,67H,9,12,19-21,24-27,29,58H2,1-7H3,(H,60,68)(H,62,69)(H,63,71)(H3,57,59,72). The number of aliphatic hydroxyl groups excluding tert-OH is 1. The van der Waals surface area contributed by atoms with Gasteiger partial charge in [-0.05, 0) is 98.4 Å². The van der Waals surface area contributed by atoms with Gasteiger partial charge in [-0.15, -0.1) is 0 Å². The van der Waals surface area contributed by atoms with Gasteiger partial charge < -0.3 is 56.9 Å². The maximum atomic E-state index is 16.2. The SMILES string of the molecule is Cc1ccc(F)c(-c2cn(Cc3cccc(F)c3)c(C(N(CC3CN(C(=O)OCc4ccc(NC(=O)C(CCCNC(N)=O)NC(=O)C(NC(=O)C5(N)CC5)C(C)C)cc4)CC3F)C(=O)C(C)O)C(C)(C)C)n2)c1. The zero-order valence-electron chi connectivity index (χ0n) is 42.9. The predicted octanol–water partition coefficient (Wildman–Crippen LogP) is 5.59. The predicted molar refractivity (Wildman–Crippen MR) is 270 cm³/mol. The van der Waals surface area contributed by atoms with Crippen LogP contribution in [-0.4, -0.2) is 116 Å². The van der Waals surface area contributed by atoms with Crippen LogP contribution in [0.5, 0.6) is 0 Å². The van der Waals surface area contributed by atoms with E-state index in [1.54, 1.807) is 73.1 Å². The quantitative estimate of drug-likeness (QED) is 0.0509. The number of aryl methyl sites for hydroxylation is 1. The number of anilines is 1. The first kappa shape index (κ1) is 56.3. The van der Waals surface area contributed by atoms with E-state index in [-0.39, 0.29) is 69.3 Å². The van der Waals surface area contributed by atoms with Gasteiger partial charge in [-0.1, -0.05) is 70.5 Å². The minimum absolute atomic E-state index is 0.0838. The number of carbonyl (C=O) groups excluding carboxylic acids is 6. The molecule has 1 aliphatic heterocycles. The second-order valence-electron chi connectivity index (χ2n) is 20.9. The topological polar surface area (TPSA) is 256 Å². The number of hydrogen-bond donors (Lipinski definition) is 7. The molecule has 2 heterocycles. The van der Waals surface area contributed by atoms with Crippen molar-refractivity contribution in [3.63, 3.8) is 0 Å². The van der Waals surface area contributed by atoms with Gasteiger partial charge in [-0.2, -0.15) is 0 Å². The van der Waals surface area contributed by atoms with E-state index in [4.69, 9.17) is 21.2 Å². The number of aliphatic hydroxyl groups is 1. The number of likely N-dealkylation sites (tertiary alicyclic amines) is 1. The summed E-state index contributed by atoms with van der Waals surface area (Å²) in [5, 5.41) is 21.4. The molecule has 2 aliphatic rings. The van der Waals surface area contributed by atoms with Crippen LogP contribution in [0.1, 0.15) is 95.8 Å². The maximum absolute atomic E-state index is 16.2. The molecular formula is C53H69F3N10O8. The van der Waals surface area contributed by atoms with Crippen molar-refractivity contribution >= 4 is 41.4 Å². The molecule has 74 heavy (non-hydrogen) atoms. The molecule has 0 radical (unpaired) electrons. The minimum atomic E-state index is -1.61. The van der Waals surface area contributed by atoms with Crippen molar-refractivity contribution in [2.75, 3.05) is 31.5 Å². The zero-order valence-corrected chi connectivity index (χ0v) is 42.9. The van der Waals surface area contributed by atoms with Gasteiger partial charge in [0.1, 0.15) is 48.4 Å². The minimum Gasteiger partial charge on any atom is -0.445 e. The van der Waals surface area contributed by atoms with Gasteiger partial charge in [-0.3, -0.25) is 19.2 Å². The van der Waals surface area contributed by atoms with Crippen LogP contribution >= 0.6 is 0 Å². The third-order valence-electron chi connectivity index (χ3n) is 13.2. The van der Waals surface area contributed by atoms with Crippen LogP contribution in [0.15, 0.2) is 72.9 Å². The summed E-state index contributed by atoms with van der Waals surface area (Å²) in [6, 6.07) is 13.1. The van der Waals surface area contributed by atoms with Gasteiger partial charge in [0.25, 0.3) is 5.91 Å². The molecule has 1 aliphatic carbocycles. The van der Waals surface area contributed by atoms with Crippen molar-refractivity contribution in [2.24, 2.45) is 28.7 Å². The Morgan fingerprint density at radius 1 is 0.946 bits per heavy atom. The van der Waals surface area contributed by atoms with Crippen LogP contribution in [0.2, 0.25) is 0 Å². The number of hydrogen-bond acceptors (Lipinski definition) is 10. The molecule has 400 valence electrons. The highest BCUT2D eigenvalue weighted by atomic mass is 19.1. The molecule has 1 saturated carbocycles. The van der Waals surface area contributed by atoms with Gasteiger partial charge in [-0.25, -0.2) is 27.7 Å². The molecule has 6 atom stereocenters. The molecule has 0 bridgehead atoms. The largest absolute Gasteiger partial charge is 0.445 e. The molecular weight excluding hydrogens is 962 g/mol. The van der Waals surface area contributed by atoms with Crippen molar-refractivity contribution < 1.29 is 51.8 Å². The van der Waals surface area contributed by atoms with E-state index in [0.29, 0.717) is 35.5 Å². The summed E-state index contributed by atoms with van der Waals surface area (Å²) in [5.74, 6) is -4.31. The summed E-state index contributed by atoms with van der Waals surface area (Å²) in [5.41, 5.74) is 12.0. The second kappa shape index (κ2) is 23.9. The van der Waals surface area contributed by atoms with Gasteiger partial charge >= 0.3 is 12.1 Å². The average molecular weight is 1030 g/mol. The number of alkyl halides is 1. The number of nitrogens with zero attached hydrogens (tertiary/aromatic N) is 4. The van der Waals surface area contributed by atoms with E-state index >= 15 is 8.78 Å². The summed E-state index contributed by atoms with van der Waals surface area (Å²) in [7, 11) is 0. The van der Waals surface area contributed by atoms with Crippen molar-refractivity contribution in [3.05, 3.63) is 107 Å². The van der Waals surface area contributed by atoms with Crippen LogP contribution in [0.3, 0.4) is 0 Å². The highest BCUT2D eigenvalue weighted by Crippen LogP contribution is 2.41. The fraction of sp³-hybridized carbons (Fsp3) is 0.491. The molecule has 1 aromatic heterocycles. The second-order valence-corrected chi connectivity index (χ2v) is 20.9. The van der Waals surface area contributed by atoms with Gasteiger partial charge in [0, 0.05) is 49.5 Å². The van der Waals surface area contributed by atoms with Crippen molar-refractivity contribution in [3.8, 4) is 11.3 Å². The first-order valence-corrected chi connectivity index (χ1v) is 24.8. The Morgan fingerprint density at radius 2 is 1.65 bits per heavy atom. The number of primary amides is 1. The lowest BCUT2D eigenvalue weighted by Gasteiger charge is -2.41. The van der Waals surface area contributed by atoms with E-state index in [1.807, 2.05) is 27.7 Å². The molecule has 9 N–H and O–H groups in total. The Morgan fingerprint density at radius 3 is 2.27 bits per heavy atom. The number of halogens is 3. The Kier molecular flexibility index (Phi) is 18.2. The van der Waals surface area contributed by atoms with E-state index < -0.39 is 94.7 Å². The summed E-state index contributed by atoms with van der Waals surface area (Å²) >= 11 is 0. The first-order valence-electron chi connectivity index (χ1n) is 24.8. The molecule has 21 heteroatoms. The normalized spacial score (nSPS) is 17.7. The number of benzene rings is 3. The van der Waals surface area contributed by atoms with Crippen LogP contribution in [-0.2, 0) is 37.1 Å². The lowest BCUT2D eigenvalue weighted by Crippen LogP contribution is -2.57. The summed E-state index contributed by atoms with van der Waals surface area (Å²) in [6.45, 7) is 11.4. The summed E-state index contributed by atoms with van der Waals surface area (Å²) in [4.78, 5) is 86.2. The summed E-state index contributed by atoms with van der Waals surface area (Å²) < 4.78 is 53.3. The third-order valence-corrected chi connectivity index (χ3v) is 13.2. The number of nitrogens with two attached hydrogens (primary N) is 2. The van der Waals surface area contributed by atoms with Crippen molar-refractivity contribution in [1.82, 2.24) is 35.3 Å². The van der Waals surface area contributed by atoms with E-state index in [1.165, 1.54) is 34.9 Å². The Balaban J connectivity index is 1.13. The Bertz CT molecular complexity index is 2670. The lowest BCUT2D eigenvalue weighted by molar-refractivity contribution is -0.146. The fourth-order valence-electron chi connectivity index (χ4n) is 8.91. The molecule has 18 nitrogen and oxygen atoms in total. The number of rotatable bonds is 21. The van der Waals surface area contributed by atoms with Gasteiger partial charge in [0.05, 0.1) is 23.8 Å². The van der Waals surface area contributed by atoms with Crippen LogP contribution in [0.4, 0.5) is 28.4 Å². The van der Waals surface area contributed by atoms with E-state index in [2.05, 4.69) is 21.3 Å². The number of aromatic nitrogens is 2. The monoisotopic (exact) mass is 1030 g/mol. The number of ether oxygens (including phenoxy) is 1. The molecule has 7 amide bonds. The molecule has 1 saturated heterocycles. The molecule has 6 rings (SSSR count). The molecule has 6 unspecified atom stereocenters. The van der Waals surface area contributed by atoms with Crippen LogP contribution in [0, 0.1) is 35.8 Å². The first-order chi connectivity index (χ1) is 34.8. The van der Waals surface area contributed by atoms with Crippen molar-refractivity contribution in [1.29, 1.82) is 0 Å². The number of urea groups is 1. The zero-order chi connectivity index (χ0) is 54.2. The Hall–Kier alpha value is -7.00. The van der Waals surface area contributed by atoms with E-state index in [9.17, 15) is 38.3 Å². The van der Waals surface area contributed by atoms with Crippen LogP contribution in [0.25, 0.3) is 11.3 Å². The smallest absolute Gasteiger partial charge is 0.410 e. The molecule has 0 spiro atoms. The van der Waals surface area contributed by atoms with E-state index in [0.717, 1.165) is 5.56 Å². The molecule has 3 aromatic carbocycles. The van der Waals surface area contributed by atoms with Gasteiger partial charge in [0.2, 0.25) is 17.7 Å². The lowest BCUT2D eigenvalue weighted by atomic mass is 9.84. The molecule has 2 fully saturated rings. The Labute approximate surface area is 429 Å². The highest BCUT2D eigenvalue weighted by molar-refractivity contribution is 5.99. The maximum Gasteiger partial charge on any atom is 0.410 e. The average Bonchev–Trinajstić information content (AvgIpc) is 3.80. The third kappa shape index (κ3) is 14.6. The number of nitrogens with one attached hydrogen (secondary N) is 4. The van der Waals surface area contributed by atoms with Crippen molar-refractivity contribution in [2.45, 2.75) is 123 Å². The number of imidazole rings is 1. The fourth-order valence-corrected chi connectivity index (χ4v) is 8.91.